The van der Waals surface area contributed by atoms with E-state index in [0.29, 0.717) is 5.75 Å². The molecule has 0 aromatic heterocycles. The average molecular weight is 341 g/mol. The first-order valence-corrected chi connectivity index (χ1v) is 8.12. The van der Waals surface area contributed by atoms with E-state index in [4.69, 9.17) is 4.74 Å². The molecule has 1 atom stereocenters. The number of aryl methyl sites for hydroxylation is 2. The van der Waals surface area contributed by atoms with Crippen molar-refractivity contribution in [1.29, 1.82) is 0 Å². The molecule has 0 saturated carbocycles. The molecule has 0 bridgehead atoms. The normalized spacial score (nSPS) is 11.6. The number of hydrogen-bond donors (Lipinski definition) is 2. The Labute approximate surface area is 147 Å². The molecule has 0 spiro atoms. The molecule has 132 valence electrons. The van der Waals surface area contributed by atoms with Crippen LogP contribution in [0.2, 0.25) is 0 Å². The maximum atomic E-state index is 12.3. The van der Waals surface area contributed by atoms with E-state index in [1.54, 1.807) is 19.2 Å². The van der Waals surface area contributed by atoms with E-state index >= 15 is 0 Å². The lowest BCUT2D eigenvalue weighted by molar-refractivity contribution is -0.143. The molecule has 1 unspecified atom stereocenters. The molecule has 0 aliphatic rings. The van der Waals surface area contributed by atoms with Gasteiger partial charge in [0.25, 0.3) is 0 Å². The number of carboxylic acid groups (broad SMARTS) is 1. The highest BCUT2D eigenvalue weighted by Gasteiger charge is 2.22. The third kappa shape index (κ3) is 5.35. The third-order valence-electron chi connectivity index (χ3n) is 4.06. The standard InChI is InChI=1S/C20H23NO4/c1-13-7-8-14(2)18(9-13)21-19(22)12-16(20(23)24)10-15-5-4-6-17(11-15)25-3/h4-9,11,16H,10,12H2,1-3H3,(H,21,22)(H,23,24). The average Bonchev–Trinajstić information content (AvgIpc) is 2.57. The van der Waals surface area contributed by atoms with E-state index in [1.165, 1.54) is 0 Å². The molecule has 5 heteroatoms. The zero-order valence-corrected chi connectivity index (χ0v) is 14.7. The maximum absolute atomic E-state index is 12.3. The summed E-state index contributed by atoms with van der Waals surface area (Å²) in [6, 6.07) is 13.0. The number of amides is 1. The van der Waals surface area contributed by atoms with Crippen LogP contribution in [0, 0.1) is 19.8 Å². The first-order chi connectivity index (χ1) is 11.9. The Morgan fingerprint density at radius 1 is 1.16 bits per heavy atom. The van der Waals surface area contributed by atoms with Crippen molar-refractivity contribution in [3.05, 3.63) is 59.2 Å². The largest absolute Gasteiger partial charge is 0.497 e. The van der Waals surface area contributed by atoms with Gasteiger partial charge in [-0.25, -0.2) is 0 Å². The minimum Gasteiger partial charge on any atom is -0.497 e. The quantitative estimate of drug-likeness (QED) is 0.807. The lowest BCUT2D eigenvalue weighted by atomic mass is 9.95. The number of aliphatic carboxylic acids is 1. The number of ether oxygens (including phenoxy) is 1. The first-order valence-electron chi connectivity index (χ1n) is 8.12. The molecule has 0 aliphatic carbocycles. The number of carboxylic acids is 1. The lowest BCUT2D eigenvalue weighted by Crippen LogP contribution is -2.24. The number of rotatable bonds is 7. The van der Waals surface area contributed by atoms with Gasteiger partial charge in [0.1, 0.15) is 5.75 Å². The zero-order valence-electron chi connectivity index (χ0n) is 14.7. The molecule has 2 N–H and O–H groups in total. The third-order valence-corrected chi connectivity index (χ3v) is 4.06. The van der Waals surface area contributed by atoms with Crippen LogP contribution in [0.1, 0.15) is 23.1 Å². The van der Waals surface area contributed by atoms with Gasteiger partial charge in [-0.15, -0.1) is 0 Å². The van der Waals surface area contributed by atoms with Crippen LogP contribution in [0.15, 0.2) is 42.5 Å². The predicted octanol–water partition coefficient (Wildman–Crippen LogP) is 3.58. The van der Waals surface area contributed by atoms with Gasteiger partial charge in [-0.3, -0.25) is 9.59 Å². The number of anilines is 1. The van der Waals surface area contributed by atoms with E-state index in [-0.39, 0.29) is 18.7 Å². The molecular formula is C20H23NO4. The molecule has 25 heavy (non-hydrogen) atoms. The second-order valence-electron chi connectivity index (χ2n) is 6.16. The smallest absolute Gasteiger partial charge is 0.307 e. The fourth-order valence-electron chi connectivity index (χ4n) is 2.63. The fourth-order valence-corrected chi connectivity index (χ4v) is 2.63. The first kappa shape index (κ1) is 18.5. The number of carbonyl (C=O) groups is 2. The highest BCUT2D eigenvalue weighted by molar-refractivity contribution is 5.93. The summed E-state index contributed by atoms with van der Waals surface area (Å²) < 4.78 is 5.15. The van der Waals surface area contributed by atoms with Crippen molar-refractivity contribution in [1.82, 2.24) is 0 Å². The molecule has 0 saturated heterocycles. The van der Waals surface area contributed by atoms with E-state index in [9.17, 15) is 14.7 Å². The van der Waals surface area contributed by atoms with Gasteiger partial charge in [-0.05, 0) is 55.2 Å². The maximum Gasteiger partial charge on any atom is 0.307 e. The van der Waals surface area contributed by atoms with Crippen LogP contribution in [0.25, 0.3) is 0 Å². The van der Waals surface area contributed by atoms with Crippen LogP contribution in [-0.4, -0.2) is 24.1 Å². The summed E-state index contributed by atoms with van der Waals surface area (Å²) in [5, 5.41) is 12.3. The second-order valence-corrected chi connectivity index (χ2v) is 6.16. The lowest BCUT2D eigenvalue weighted by Gasteiger charge is -2.14. The second kappa shape index (κ2) is 8.33. The molecular weight excluding hydrogens is 318 g/mol. The topological polar surface area (TPSA) is 75.6 Å². The number of benzene rings is 2. The summed E-state index contributed by atoms with van der Waals surface area (Å²) in [5.41, 5.74) is 3.52. The van der Waals surface area contributed by atoms with E-state index in [1.807, 2.05) is 44.2 Å². The Kier molecular flexibility index (Phi) is 6.17. The van der Waals surface area contributed by atoms with Crippen molar-refractivity contribution in [2.45, 2.75) is 26.7 Å². The van der Waals surface area contributed by atoms with Crippen LogP contribution < -0.4 is 10.1 Å². The van der Waals surface area contributed by atoms with E-state index in [2.05, 4.69) is 5.32 Å². The Balaban J connectivity index is 2.06. The molecule has 0 radical (unpaired) electrons. The van der Waals surface area contributed by atoms with Crippen molar-refractivity contribution in [2.24, 2.45) is 5.92 Å². The molecule has 5 nitrogen and oxygen atoms in total. The summed E-state index contributed by atoms with van der Waals surface area (Å²) in [4.78, 5) is 23.9. The molecule has 0 fully saturated rings. The Bertz CT molecular complexity index is 770. The Hall–Kier alpha value is -2.82. The van der Waals surface area contributed by atoms with Crippen LogP contribution in [0.3, 0.4) is 0 Å². The number of carbonyl (C=O) groups excluding carboxylic acids is 1. The van der Waals surface area contributed by atoms with E-state index in [0.717, 1.165) is 22.4 Å². The molecule has 2 aromatic carbocycles. The summed E-state index contributed by atoms with van der Waals surface area (Å²) >= 11 is 0. The summed E-state index contributed by atoms with van der Waals surface area (Å²) in [6.45, 7) is 3.85. The molecule has 2 rings (SSSR count). The summed E-state index contributed by atoms with van der Waals surface area (Å²) in [6.07, 6.45) is 0.187. The highest BCUT2D eigenvalue weighted by Crippen LogP contribution is 2.20. The van der Waals surface area contributed by atoms with Crippen molar-refractivity contribution in [3.8, 4) is 5.75 Å². The van der Waals surface area contributed by atoms with Gasteiger partial charge in [0, 0.05) is 12.1 Å². The van der Waals surface area contributed by atoms with Gasteiger partial charge < -0.3 is 15.2 Å². The predicted molar refractivity (Wildman–Crippen MR) is 97.0 cm³/mol. The van der Waals surface area contributed by atoms with Gasteiger partial charge in [-0.1, -0.05) is 24.3 Å². The van der Waals surface area contributed by atoms with Gasteiger partial charge in [0.05, 0.1) is 13.0 Å². The molecule has 2 aromatic rings. The van der Waals surface area contributed by atoms with Crippen molar-refractivity contribution in [2.75, 3.05) is 12.4 Å². The highest BCUT2D eigenvalue weighted by atomic mass is 16.5. The number of nitrogens with one attached hydrogen (secondary N) is 1. The molecule has 1 amide bonds. The molecule has 0 aliphatic heterocycles. The van der Waals surface area contributed by atoms with Crippen LogP contribution in [0.4, 0.5) is 5.69 Å². The number of methoxy groups -OCH3 is 1. The number of hydrogen-bond acceptors (Lipinski definition) is 3. The van der Waals surface area contributed by atoms with Gasteiger partial charge in [-0.2, -0.15) is 0 Å². The fraction of sp³-hybridized carbons (Fsp3) is 0.300. The minimum absolute atomic E-state index is 0.0834. The van der Waals surface area contributed by atoms with Crippen LogP contribution >= 0.6 is 0 Å². The van der Waals surface area contributed by atoms with Crippen molar-refractivity contribution < 1.29 is 19.4 Å². The minimum atomic E-state index is -0.987. The van der Waals surface area contributed by atoms with Crippen LogP contribution in [0.5, 0.6) is 5.75 Å². The zero-order chi connectivity index (χ0) is 18.4. The van der Waals surface area contributed by atoms with Gasteiger partial charge in [0.15, 0.2) is 0 Å². The summed E-state index contributed by atoms with van der Waals surface area (Å²) in [7, 11) is 1.56. The SMILES string of the molecule is COc1cccc(CC(CC(=O)Nc2cc(C)ccc2C)C(=O)O)c1. The monoisotopic (exact) mass is 341 g/mol. The van der Waals surface area contributed by atoms with Crippen molar-refractivity contribution in [3.63, 3.8) is 0 Å². The van der Waals surface area contributed by atoms with Gasteiger partial charge in [0.2, 0.25) is 5.91 Å². The Morgan fingerprint density at radius 2 is 1.92 bits per heavy atom. The van der Waals surface area contributed by atoms with Crippen molar-refractivity contribution >= 4 is 17.6 Å². The van der Waals surface area contributed by atoms with E-state index < -0.39 is 11.9 Å². The molecule has 0 heterocycles. The van der Waals surface area contributed by atoms with Crippen LogP contribution in [-0.2, 0) is 16.0 Å². The Morgan fingerprint density at radius 3 is 2.60 bits per heavy atom. The summed E-state index contributed by atoms with van der Waals surface area (Å²) in [5.74, 6) is -1.42. The van der Waals surface area contributed by atoms with Gasteiger partial charge >= 0.3 is 5.97 Å².